The molecule has 0 bridgehead atoms. The Hall–Kier alpha value is -1.93. The molecule has 5 nitrogen and oxygen atoms in total. The maximum Gasteiger partial charge on any atom is 0.231 e. The van der Waals surface area contributed by atoms with Crippen LogP contribution in [0.3, 0.4) is 0 Å². The summed E-state index contributed by atoms with van der Waals surface area (Å²) in [5.74, 6) is 2.03. The zero-order valence-electron chi connectivity index (χ0n) is 8.95. The van der Waals surface area contributed by atoms with E-state index in [0.29, 0.717) is 18.0 Å². The van der Waals surface area contributed by atoms with Crippen LogP contribution < -0.4 is 19.5 Å². The monoisotopic (exact) mass is 220 g/mol. The van der Waals surface area contributed by atoms with Crippen molar-refractivity contribution in [3.8, 4) is 23.3 Å². The lowest BCUT2D eigenvalue weighted by atomic mass is 10.1. The molecule has 0 aromatic heterocycles. The Bertz CT molecular complexity index is 426. The van der Waals surface area contributed by atoms with Gasteiger partial charge < -0.3 is 19.5 Å². The van der Waals surface area contributed by atoms with Crippen LogP contribution in [0.4, 0.5) is 0 Å². The van der Waals surface area contributed by atoms with Crippen LogP contribution in [0.15, 0.2) is 12.1 Å². The zero-order valence-corrected chi connectivity index (χ0v) is 8.95. The number of nitrogens with one attached hydrogen (secondary N) is 1. The second-order valence-corrected chi connectivity index (χ2v) is 3.29. The topological polar surface area (TPSA) is 63.5 Å². The van der Waals surface area contributed by atoms with Gasteiger partial charge in [0.2, 0.25) is 6.79 Å². The number of benzene rings is 1. The van der Waals surface area contributed by atoms with Crippen LogP contribution in [-0.2, 0) is 6.54 Å². The highest BCUT2D eigenvalue weighted by molar-refractivity contribution is 5.51. The SMILES string of the molecule is CNCc1cc2c(cc1OCC#N)OCO2. The smallest absolute Gasteiger partial charge is 0.231 e. The molecule has 0 unspecified atom stereocenters. The van der Waals surface area contributed by atoms with Crippen LogP contribution in [0.1, 0.15) is 5.56 Å². The molecule has 0 aliphatic carbocycles. The second kappa shape index (κ2) is 4.73. The van der Waals surface area contributed by atoms with Crippen molar-refractivity contribution >= 4 is 0 Å². The van der Waals surface area contributed by atoms with Crippen molar-refractivity contribution in [2.24, 2.45) is 0 Å². The summed E-state index contributed by atoms with van der Waals surface area (Å²) in [6, 6.07) is 5.56. The third kappa shape index (κ3) is 2.02. The maximum atomic E-state index is 8.50. The summed E-state index contributed by atoms with van der Waals surface area (Å²) in [7, 11) is 1.85. The molecule has 16 heavy (non-hydrogen) atoms. The van der Waals surface area contributed by atoms with E-state index < -0.39 is 0 Å². The Morgan fingerprint density at radius 1 is 1.44 bits per heavy atom. The van der Waals surface area contributed by atoms with Gasteiger partial charge in [-0.3, -0.25) is 0 Å². The summed E-state index contributed by atoms with van der Waals surface area (Å²) in [5, 5.41) is 11.5. The van der Waals surface area contributed by atoms with E-state index in [2.05, 4.69) is 5.32 Å². The van der Waals surface area contributed by atoms with Crippen molar-refractivity contribution in [3.05, 3.63) is 17.7 Å². The summed E-state index contributed by atoms with van der Waals surface area (Å²) in [5.41, 5.74) is 0.946. The zero-order chi connectivity index (χ0) is 11.4. The average molecular weight is 220 g/mol. The predicted molar refractivity (Wildman–Crippen MR) is 56.4 cm³/mol. The Balaban J connectivity index is 2.29. The molecule has 0 atom stereocenters. The fourth-order valence-corrected chi connectivity index (χ4v) is 1.54. The Morgan fingerprint density at radius 2 is 2.19 bits per heavy atom. The van der Waals surface area contributed by atoms with Gasteiger partial charge in [-0.1, -0.05) is 0 Å². The summed E-state index contributed by atoms with van der Waals surface area (Å²) in [4.78, 5) is 0. The molecule has 0 radical (unpaired) electrons. The van der Waals surface area contributed by atoms with E-state index >= 15 is 0 Å². The fourth-order valence-electron chi connectivity index (χ4n) is 1.54. The number of fused-ring (bicyclic) bond motifs is 1. The molecule has 1 heterocycles. The third-order valence-corrected chi connectivity index (χ3v) is 2.22. The summed E-state index contributed by atoms with van der Waals surface area (Å²) < 4.78 is 15.8. The molecule has 5 heteroatoms. The van der Waals surface area contributed by atoms with Gasteiger partial charge in [-0.2, -0.15) is 5.26 Å². The molecule has 2 rings (SSSR count). The summed E-state index contributed by atoms with van der Waals surface area (Å²) >= 11 is 0. The van der Waals surface area contributed by atoms with Gasteiger partial charge in [-0.05, 0) is 13.1 Å². The number of hydrogen-bond donors (Lipinski definition) is 1. The van der Waals surface area contributed by atoms with Crippen molar-refractivity contribution in [2.45, 2.75) is 6.54 Å². The molecule has 0 spiro atoms. The van der Waals surface area contributed by atoms with E-state index in [1.54, 1.807) is 6.07 Å². The maximum absolute atomic E-state index is 8.50. The molecule has 0 fully saturated rings. The molecule has 84 valence electrons. The van der Waals surface area contributed by atoms with E-state index in [4.69, 9.17) is 19.5 Å². The van der Waals surface area contributed by atoms with Gasteiger partial charge in [0.1, 0.15) is 11.8 Å². The van der Waals surface area contributed by atoms with Gasteiger partial charge in [0.25, 0.3) is 0 Å². The minimum absolute atomic E-state index is 0.0242. The number of nitrogens with zero attached hydrogens (tertiary/aromatic N) is 1. The number of rotatable bonds is 4. The number of ether oxygens (including phenoxy) is 3. The van der Waals surface area contributed by atoms with E-state index in [1.807, 2.05) is 19.2 Å². The molecule has 1 N–H and O–H groups in total. The first-order chi connectivity index (χ1) is 7.85. The summed E-state index contributed by atoms with van der Waals surface area (Å²) in [6.45, 7) is 0.907. The fraction of sp³-hybridized carbons (Fsp3) is 0.364. The van der Waals surface area contributed by atoms with Crippen molar-refractivity contribution in [2.75, 3.05) is 20.4 Å². The normalized spacial score (nSPS) is 12.2. The number of hydrogen-bond acceptors (Lipinski definition) is 5. The van der Waals surface area contributed by atoms with Crippen LogP contribution >= 0.6 is 0 Å². The molecule has 1 aliphatic rings. The van der Waals surface area contributed by atoms with Crippen LogP contribution in [0, 0.1) is 11.3 Å². The highest BCUT2D eigenvalue weighted by Gasteiger charge is 2.17. The molecular formula is C11H12N2O3. The minimum Gasteiger partial charge on any atom is -0.478 e. The molecule has 0 saturated heterocycles. The number of nitriles is 1. The molecule has 1 aliphatic heterocycles. The second-order valence-electron chi connectivity index (χ2n) is 3.29. The molecule has 0 saturated carbocycles. The lowest BCUT2D eigenvalue weighted by Crippen LogP contribution is -2.07. The van der Waals surface area contributed by atoms with Gasteiger partial charge in [0.05, 0.1) is 0 Å². The summed E-state index contributed by atoms with van der Waals surface area (Å²) in [6.07, 6.45) is 0. The van der Waals surface area contributed by atoms with Crippen molar-refractivity contribution in [1.82, 2.24) is 5.32 Å². The standard InChI is InChI=1S/C11H12N2O3/c1-13-6-8-4-10-11(16-7-15-10)5-9(8)14-3-2-12/h4-5,13H,3,6-7H2,1H3. The Morgan fingerprint density at radius 3 is 2.88 bits per heavy atom. The molecular weight excluding hydrogens is 208 g/mol. The van der Waals surface area contributed by atoms with Gasteiger partial charge in [-0.25, -0.2) is 0 Å². The van der Waals surface area contributed by atoms with Gasteiger partial charge in [0, 0.05) is 18.2 Å². The average Bonchev–Trinajstić information content (AvgIpc) is 2.73. The van der Waals surface area contributed by atoms with Crippen LogP contribution in [0.2, 0.25) is 0 Å². The first-order valence-corrected chi connectivity index (χ1v) is 4.92. The lowest BCUT2D eigenvalue weighted by molar-refractivity contribution is 0.174. The van der Waals surface area contributed by atoms with E-state index in [0.717, 1.165) is 11.3 Å². The van der Waals surface area contributed by atoms with E-state index in [1.165, 1.54) is 0 Å². The lowest BCUT2D eigenvalue weighted by Gasteiger charge is -2.10. The van der Waals surface area contributed by atoms with E-state index in [-0.39, 0.29) is 13.4 Å². The van der Waals surface area contributed by atoms with Crippen LogP contribution in [0.5, 0.6) is 17.2 Å². The largest absolute Gasteiger partial charge is 0.478 e. The Kier molecular flexibility index (Phi) is 3.13. The van der Waals surface area contributed by atoms with Gasteiger partial charge in [0.15, 0.2) is 18.1 Å². The van der Waals surface area contributed by atoms with Crippen molar-refractivity contribution in [1.29, 1.82) is 5.26 Å². The first kappa shape index (κ1) is 10.6. The van der Waals surface area contributed by atoms with Crippen LogP contribution in [-0.4, -0.2) is 20.4 Å². The van der Waals surface area contributed by atoms with E-state index in [9.17, 15) is 0 Å². The van der Waals surface area contributed by atoms with Gasteiger partial charge in [-0.15, -0.1) is 0 Å². The third-order valence-electron chi connectivity index (χ3n) is 2.22. The van der Waals surface area contributed by atoms with Crippen molar-refractivity contribution in [3.63, 3.8) is 0 Å². The highest BCUT2D eigenvalue weighted by atomic mass is 16.7. The highest BCUT2D eigenvalue weighted by Crippen LogP contribution is 2.38. The van der Waals surface area contributed by atoms with Gasteiger partial charge >= 0.3 is 0 Å². The first-order valence-electron chi connectivity index (χ1n) is 4.92. The Labute approximate surface area is 93.5 Å². The van der Waals surface area contributed by atoms with Crippen molar-refractivity contribution < 1.29 is 14.2 Å². The molecule has 0 amide bonds. The minimum atomic E-state index is 0.0242. The predicted octanol–water partition coefficient (Wildman–Crippen LogP) is 1.04. The quantitative estimate of drug-likeness (QED) is 0.821. The van der Waals surface area contributed by atoms with Crippen LogP contribution in [0.25, 0.3) is 0 Å². The molecule has 1 aromatic carbocycles. The molecule has 1 aromatic rings.